The number of nitrogens with two attached hydrogens (primary N) is 1. The lowest BCUT2D eigenvalue weighted by Crippen LogP contribution is -2.21. The summed E-state index contributed by atoms with van der Waals surface area (Å²) in [4.78, 5) is 4.35. The Balaban J connectivity index is 2.09. The zero-order chi connectivity index (χ0) is 13.7. The first-order valence-corrected chi connectivity index (χ1v) is 6.54. The van der Waals surface area contributed by atoms with Crippen molar-refractivity contribution in [2.45, 2.75) is 32.7 Å². The summed E-state index contributed by atoms with van der Waals surface area (Å²) >= 11 is 0. The van der Waals surface area contributed by atoms with E-state index in [1.54, 1.807) is 0 Å². The van der Waals surface area contributed by atoms with Gasteiger partial charge in [-0.1, -0.05) is 12.1 Å². The monoisotopic (exact) mass is 261 g/mol. The zero-order valence-corrected chi connectivity index (χ0v) is 11.3. The summed E-state index contributed by atoms with van der Waals surface area (Å²) < 4.78 is 10.6. The topological polar surface area (TPSA) is 74.2 Å². The average molecular weight is 261 g/mol. The van der Waals surface area contributed by atoms with E-state index in [0.717, 1.165) is 17.7 Å². The molecule has 0 bridgehead atoms. The van der Waals surface area contributed by atoms with Crippen molar-refractivity contribution in [1.82, 2.24) is 10.1 Å². The predicted octanol–water partition coefficient (Wildman–Crippen LogP) is 2.42. The van der Waals surface area contributed by atoms with E-state index in [4.69, 9.17) is 15.0 Å². The molecule has 1 atom stereocenters. The molecule has 0 aliphatic heterocycles. The third-order valence-electron chi connectivity index (χ3n) is 2.85. The molecule has 1 aromatic carbocycles. The summed E-state index contributed by atoms with van der Waals surface area (Å²) in [6.45, 7) is 4.65. The molecule has 1 heterocycles. The lowest BCUT2D eigenvalue weighted by atomic mass is 10.1. The Labute approximate surface area is 112 Å². The Hall–Kier alpha value is -1.88. The maximum Gasteiger partial charge on any atom is 0.257 e. The van der Waals surface area contributed by atoms with Crippen LogP contribution in [0.1, 0.15) is 26.1 Å². The second kappa shape index (κ2) is 6.33. The maximum atomic E-state index is 5.87. The molecule has 0 spiro atoms. The summed E-state index contributed by atoms with van der Waals surface area (Å²) in [5.74, 6) is 2.00. The highest BCUT2D eigenvalue weighted by molar-refractivity contribution is 5.54. The van der Waals surface area contributed by atoms with Crippen LogP contribution in [0.4, 0.5) is 0 Å². The average Bonchev–Trinajstić information content (AvgIpc) is 2.88. The molecule has 19 heavy (non-hydrogen) atoms. The van der Waals surface area contributed by atoms with E-state index in [9.17, 15) is 0 Å². The smallest absolute Gasteiger partial charge is 0.257 e. The Kier molecular flexibility index (Phi) is 4.52. The third kappa shape index (κ3) is 3.54. The van der Waals surface area contributed by atoms with Gasteiger partial charge >= 0.3 is 0 Å². The quantitative estimate of drug-likeness (QED) is 0.864. The number of hydrogen-bond donors (Lipinski definition) is 1. The van der Waals surface area contributed by atoms with Gasteiger partial charge in [0.1, 0.15) is 5.75 Å². The molecule has 0 saturated heterocycles. The summed E-state index contributed by atoms with van der Waals surface area (Å²) in [6.07, 6.45) is 1.53. The lowest BCUT2D eigenvalue weighted by molar-refractivity contribution is 0.340. The highest BCUT2D eigenvalue weighted by Gasteiger charge is 2.11. The zero-order valence-electron chi connectivity index (χ0n) is 11.3. The number of aromatic nitrogens is 2. The van der Waals surface area contributed by atoms with Gasteiger partial charge in [0.25, 0.3) is 5.89 Å². The number of ether oxygens (including phenoxy) is 1. The van der Waals surface area contributed by atoms with Crippen molar-refractivity contribution in [3.05, 3.63) is 30.1 Å². The van der Waals surface area contributed by atoms with Crippen molar-refractivity contribution in [3.63, 3.8) is 0 Å². The molecule has 0 saturated carbocycles. The minimum Gasteiger partial charge on any atom is -0.494 e. The van der Waals surface area contributed by atoms with Crippen LogP contribution in [0.15, 0.2) is 28.8 Å². The molecule has 1 aromatic heterocycles. The van der Waals surface area contributed by atoms with E-state index < -0.39 is 0 Å². The van der Waals surface area contributed by atoms with Crippen molar-refractivity contribution >= 4 is 0 Å². The van der Waals surface area contributed by atoms with Crippen molar-refractivity contribution in [1.29, 1.82) is 0 Å². The second-order valence-corrected chi connectivity index (χ2v) is 4.35. The number of nitrogens with zero attached hydrogens (tertiary/aromatic N) is 2. The minimum atomic E-state index is 0.0748. The molecular formula is C14H19N3O2. The Morgan fingerprint density at radius 1 is 1.26 bits per heavy atom. The first-order valence-electron chi connectivity index (χ1n) is 6.54. The van der Waals surface area contributed by atoms with Gasteiger partial charge in [-0.05, 0) is 37.6 Å². The summed E-state index contributed by atoms with van der Waals surface area (Å²) in [5, 5.41) is 3.94. The molecule has 5 heteroatoms. The predicted molar refractivity (Wildman–Crippen MR) is 72.9 cm³/mol. The van der Waals surface area contributed by atoms with Gasteiger partial charge in [0.2, 0.25) is 0 Å². The van der Waals surface area contributed by atoms with Crippen molar-refractivity contribution in [2.75, 3.05) is 6.61 Å². The van der Waals surface area contributed by atoms with Gasteiger partial charge in [0, 0.05) is 18.0 Å². The van der Waals surface area contributed by atoms with Gasteiger partial charge in [0.15, 0.2) is 5.82 Å². The maximum absolute atomic E-state index is 5.87. The van der Waals surface area contributed by atoms with Crippen LogP contribution in [0.5, 0.6) is 5.75 Å². The SMILES string of the molecule is CCOc1ccc(-c2nc(CC(N)CC)no2)cc1. The molecular weight excluding hydrogens is 242 g/mol. The molecule has 2 aromatic rings. The van der Waals surface area contributed by atoms with Crippen molar-refractivity contribution in [2.24, 2.45) is 5.73 Å². The van der Waals surface area contributed by atoms with Gasteiger partial charge in [-0.25, -0.2) is 0 Å². The second-order valence-electron chi connectivity index (χ2n) is 4.35. The lowest BCUT2D eigenvalue weighted by Gasteiger charge is -2.03. The highest BCUT2D eigenvalue weighted by Crippen LogP contribution is 2.21. The summed E-state index contributed by atoms with van der Waals surface area (Å²) in [6, 6.07) is 7.66. The number of hydrogen-bond acceptors (Lipinski definition) is 5. The Morgan fingerprint density at radius 2 is 2.00 bits per heavy atom. The standard InChI is InChI=1S/C14H19N3O2/c1-3-11(15)9-13-16-14(19-17-13)10-5-7-12(8-6-10)18-4-2/h5-8,11H,3-4,9,15H2,1-2H3. The largest absolute Gasteiger partial charge is 0.494 e. The van der Waals surface area contributed by atoms with Crippen LogP contribution in [-0.2, 0) is 6.42 Å². The summed E-state index contributed by atoms with van der Waals surface area (Å²) in [5.41, 5.74) is 6.75. The van der Waals surface area contributed by atoms with Crippen LogP contribution >= 0.6 is 0 Å². The molecule has 0 radical (unpaired) electrons. The first kappa shape index (κ1) is 13.5. The van der Waals surface area contributed by atoms with Gasteiger partial charge in [0.05, 0.1) is 6.61 Å². The molecule has 1 unspecified atom stereocenters. The molecule has 0 aliphatic carbocycles. The van der Waals surface area contributed by atoms with E-state index >= 15 is 0 Å². The van der Waals surface area contributed by atoms with E-state index in [1.165, 1.54) is 0 Å². The van der Waals surface area contributed by atoms with Crippen LogP contribution < -0.4 is 10.5 Å². The fourth-order valence-electron chi connectivity index (χ4n) is 1.69. The fraction of sp³-hybridized carbons (Fsp3) is 0.429. The van der Waals surface area contributed by atoms with Gasteiger partial charge in [-0.15, -0.1) is 0 Å². The van der Waals surface area contributed by atoms with Gasteiger partial charge < -0.3 is 15.0 Å². The molecule has 0 fully saturated rings. The molecule has 102 valence electrons. The Morgan fingerprint density at radius 3 is 2.63 bits per heavy atom. The normalized spacial score (nSPS) is 12.4. The molecule has 2 N–H and O–H groups in total. The number of rotatable bonds is 6. The third-order valence-corrected chi connectivity index (χ3v) is 2.85. The van der Waals surface area contributed by atoms with E-state index in [0.29, 0.717) is 24.7 Å². The van der Waals surface area contributed by atoms with Crippen molar-refractivity contribution in [3.8, 4) is 17.2 Å². The molecule has 0 amide bonds. The Bertz CT molecular complexity index is 508. The summed E-state index contributed by atoms with van der Waals surface area (Å²) in [7, 11) is 0. The van der Waals surface area contributed by atoms with Crippen LogP contribution in [0.3, 0.4) is 0 Å². The van der Waals surface area contributed by atoms with Crippen LogP contribution in [0.25, 0.3) is 11.5 Å². The molecule has 0 aliphatic rings. The first-order chi connectivity index (χ1) is 9.22. The highest BCUT2D eigenvalue weighted by atomic mass is 16.5. The fourth-order valence-corrected chi connectivity index (χ4v) is 1.69. The van der Waals surface area contributed by atoms with E-state index in [-0.39, 0.29) is 6.04 Å². The molecule has 5 nitrogen and oxygen atoms in total. The van der Waals surface area contributed by atoms with Gasteiger partial charge in [-0.2, -0.15) is 4.98 Å². The van der Waals surface area contributed by atoms with E-state index in [2.05, 4.69) is 10.1 Å². The molecule has 2 rings (SSSR count). The van der Waals surface area contributed by atoms with Crippen LogP contribution in [0.2, 0.25) is 0 Å². The van der Waals surface area contributed by atoms with E-state index in [1.807, 2.05) is 38.1 Å². The van der Waals surface area contributed by atoms with Crippen LogP contribution in [0, 0.1) is 0 Å². The van der Waals surface area contributed by atoms with Gasteiger partial charge in [-0.3, -0.25) is 0 Å². The number of benzene rings is 1. The van der Waals surface area contributed by atoms with Crippen molar-refractivity contribution < 1.29 is 9.26 Å². The van der Waals surface area contributed by atoms with Crippen LogP contribution in [-0.4, -0.2) is 22.8 Å². The minimum absolute atomic E-state index is 0.0748.